The predicted molar refractivity (Wildman–Crippen MR) is 44.1 cm³/mol. The fourth-order valence-corrected chi connectivity index (χ4v) is 0.494. The lowest BCUT2D eigenvalue weighted by atomic mass is 10.3. The normalized spacial score (nSPS) is 8.08. The van der Waals surface area contributed by atoms with Gasteiger partial charge < -0.3 is 5.11 Å². The largest absolute Gasteiger partial charge is 0.478 e. The maximum atomic E-state index is 10.2. The van der Waals surface area contributed by atoms with Gasteiger partial charge in [-0.05, 0) is 12.1 Å². The SMILES string of the molecule is C[N+](=O)[O-].O=C(O)c1ccncc1. The second kappa shape index (κ2) is 5.64. The molecule has 0 fully saturated rings. The molecule has 1 N–H and O–H groups in total. The first-order chi connectivity index (χ1) is 6.04. The number of aromatic nitrogens is 1. The van der Waals surface area contributed by atoms with E-state index in [0.717, 1.165) is 7.05 Å². The maximum absolute atomic E-state index is 10.2. The Morgan fingerprint density at radius 1 is 1.54 bits per heavy atom. The second-order valence-corrected chi connectivity index (χ2v) is 1.98. The van der Waals surface area contributed by atoms with E-state index in [1.54, 1.807) is 0 Å². The minimum Gasteiger partial charge on any atom is -0.478 e. The standard InChI is InChI=1S/C6H5NO2.CH3NO2/c8-6(9)5-1-3-7-4-2-5;1-2(3)4/h1-4H,(H,8,9);1H3. The molecule has 0 saturated carbocycles. The van der Waals surface area contributed by atoms with Crippen molar-refractivity contribution in [3.63, 3.8) is 0 Å². The molecule has 0 aliphatic rings. The zero-order valence-corrected chi connectivity index (χ0v) is 6.88. The third kappa shape index (κ3) is 6.42. The molecule has 0 aromatic carbocycles. The van der Waals surface area contributed by atoms with Crippen LogP contribution < -0.4 is 0 Å². The Labute approximate surface area is 74.0 Å². The van der Waals surface area contributed by atoms with Crippen LogP contribution in [0.2, 0.25) is 0 Å². The summed E-state index contributed by atoms with van der Waals surface area (Å²) in [5.74, 6) is -0.919. The summed E-state index contributed by atoms with van der Waals surface area (Å²) >= 11 is 0. The van der Waals surface area contributed by atoms with Gasteiger partial charge in [0.2, 0.25) is 0 Å². The van der Waals surface area contributed by atoms with Gasteiger partial charge in [0.25, 0.3) is 0 Å². The van der Waals surface area contributed by atoms with Crippen molar-refractivity contribution in [3.05, 3.63) is 40.2 Å². The van der Waals surface area contributed by atoms with Gasteiger partial charge in [0.1, 0.15) is 0 Å². The van der Waals surface area contributed by atoms with Crippen LogP contribution in [0.1, 0.15) is 10.4 Å². The van der Waals surface area contributed by atoms with Crippen LogP contribution in [0.4, 0.5) is 0 Å². The number of nitrogens with zero attached hydrogens (tertiary/aromatic N) is 2. The molecule has 1 aromatic heterocycles. The molecule has 1 rings (SSSR count). The molecule has 0 atom stereocenters. The van der Waals surface area contributed by atoms with E-state index in [0.29, 0.717) is 0 Å². The molecular formula is C7H8N2O4. The average Bonchev–Trinajstić information content (AvgIpc) is 2.05. The molecule has 6 nitrogen and oxygen atoms in total. The van der Waals surface area contributed by atoms with Crippen molar-refractivity contribution in [2.45, 2.75) is 0 Å². The number of hydrogen-bond donors (Lipinski definition) is 1. The van der Waals surface area contributed by atoms with Crippen molar-refractivity contribution < 1.29 is 14.8 Å². The highest BCUT2D eigenvalue weighted by atomic mass is 16.6. The Hall–Kier alpha value is -1.98. The van der Waals surface area contributed by atoms with E-state index in [1.165, 1.54) is 24.5 Å². The van der Waals surface area contributed by atoms with Crippen LogP contribution in [0.5, 0.6) is 0 Å². The van der Waals surface area contributed by atoms with Crippen molar-refractivity contribution in [1.29, 1.82) is 0 Å². The van der Waals surface area contributed by atoms with E-state index in [9.17, 15) is 4.79 Å². The van der Waals surface area contributed by atoms with Gasteiger partial charge in [-0.1, -0.05) is 0 Å². The molecule has 0 aliphatic carbocycles. The number of aromatic carboxylic acids is 1. The van der Waals surface area contributed by atoms with Crippen LogP contribution >= 0.6 is 0 Å². The van der Waals surface area contributed by atoms with Gasteiger partial charge in [-0.25, -0.2) is 4.79 Å². The first-order valence-electron chi connectivity index (χ1n) is 3.25. The van der Waals surface area contributed by atoms with Crippen molar-refractivity contribution in [2.24, 2.45) is 0 Å². The highest BCUT2D eigenvalue weighted by Crippen LogP contribution is 1.93. The van der Waals surface area contributed by atoms with E-state index in [2.05, 4.69) is 4.98 Å². The highest BCUT2D eigenvalue weighted by molar-refractivity contribution is 5.87. The van der Waals surface area contributed by atoms with Crippen LogP contribution in [0, 0.1) is 10.1 Å². The summed E-state index contributed by atoms with van der Waals surface area (Å²) in [6.07, 6.45) is 2.90. The summed E-state index contributed by atoms with van der Waals surface area (Å²) < 4.78 is 0. The fourth-order valence-electron chi connectivity index (χ4n) is 0.494. The van der Waals surface area contributed by atoms with Crippen LogP contribution in [-0.4, -0.2) is 28.0 Å². The topological polar surface area (TPSA) is 93.3 Å². The summed E-state index contributed by atoms with van der Waals surface area (Å²) in [5.41, 5.74) is 0.269. The Morgan fingerprint density at radius 3 is 2.15 bits per heavy atom. The molecule has 13 heavy (non-hydrogen) atoms. The van der Waals surface area contributed by atoms with Crippen molar-refractivity contribution >= 4 is 5.97 Å². The van der Waals surface area contributed by atoms with E-state index < -0.39 is 10.9 Å². The minimum absolute atomic E-state index is 0.269. The van der Waals surface area contributed by atoms with Gasteiger partial charge in [-0.2, -0.15) is 0 Å². The molecule has 0 spiro atoms. The lowest BCUT2D eigenvalue weighted by molar-refractivity contribution is -0.445. The van der Waals surface area contributed by atoms with Crippen LogP contribution in [-0.2, 0) is 0 Å². The Morgan fingerprint density at radius 2 is 1.92 bits per heavy atom. The van der Waals surface area contributed by atoms with Gasteiger partial charge in [-0.3, -0.25) is 15.1 Å². The molecule has 0 radical (unpaired) electrons. The lowest BCUT2D eigenvalue weighted by Gasteiger charge is -1.87. The Balaban J connectivity index is 0.000000310. The van der Waals surface area contributed by atoms with Crippen molar-refractivity contribution in [1.82, 2.24) is 4.98 Å². The van der Waals surface area contributed by atoms with Crippen LogP contribution in [0.25, 0.3) is 0 Å². The van der Waals surface area contributed by atoms with Crippen LogP contribution in [0.15, 0.2) is 24.5 Å². The molecule has 1 aromatic rings. The molecule has 70 valence electrons. The Kier molecular flexibility index (Phi) is 4.78. The third-order valence-electron chi connectivity index (χ3n) is 0.927. The molecule has 6 heteroatoms. The van der Waals surface area contributed by atoms with Gasteiger partial charge in [0.05, 0.1) is 5.56 Å². The summed E-state index contributed by atoms with van der Waals surface area (Å²) in [6, 6.07) is 2.89. The van der Waals surface area contributed by atoms with Crippen molar-refractivity contribution in [2.75, 3.05) is 7.05 Å². The van der Waals surface area contributed by atoms with Crippen molar-refractivity contribution in [3.8, 4) is 0 Å². The molecule has 0 saturated heterocycles. The predicted octanol–water partition coefficient (Wildman–Crippen LogP) is 0.673. The van der Waals surface area contributed by atoms with Gasteiger partial charge >= 0.3 is 5.97 Å². The summed E-state index contributed by atoms with van der Waals surface area (Å²) in [5, 5.41) is 17.2. The van der Waals surface area contributed by atoms with E-state index >= 15 is 0 Å². The minimum atomic E-state index is -0.919. The van der Waals surface area contributed by atoms with E-state index in [4.69, 9.17) is 15.2 Å². The molecule has 0 unspecified atom stereocenters. The fraction of sp³-hybridized carbons (Fsp3) is 0.143. The van der Waals surface area contributed by atoms with Gasteiger partial charge in [0.15, 0.2) is 7.05 Å². The second-order valence-electron chi connectivity index (χ2n) is 1.98. The molecular weight excluding hydrogens is 176 g/mol. The quantitative estimate of drug-likeness (QED) is 0.511. The van der Waals surface area contributed by atoms with E-state index in [1.807, 2.05) is 0 Å². The van der Waals surface area contributed by atoms with Gasteiger partial charge in [-0.15, -0.1) is 0 Å². The number of pyridine rings is 1. The highest BCUT2D eigenvalue weighted by Gasteiger charge is 1.97. The third-order valence-corrected chi connectivity index (χ3v) is 0.927. The maximum Gasteiger partial charge on any atom is 0.335 e. The van der Waals surface area contributed by atoms with Crippen LogP contribution in [0.3, 0.4) is 0 Å². The monoisotopic (exact) mass is 184 g/mol. The first kappa shape index (κ1) is 11.0. The summed E-state index contributed by atoms with van der Waals surface area (Å²) in [4.78, 5) is 22.1. The number of carboxylic acid groups (broad SMARTS) is 1. The Bertz CT molecular complexity index is 282. The first-order valence-corrected chi connectivity index (χ1v) is 3.25. The molecule has 1 heterocycles. The number of rotatable bonds is 1. The summed E-state index contributed by atoms with van der Waals surface area (Å²) in [7, 11) is 0.889. The molecule has 0 amide bonds. The number of carboxylic acids is 1. The lowest BCUT2D eigenvalue weighted by Crippen LogP contribution is -1.94. The van der Waals surface area contributed by atoms with Gasteiger partial charge in [0, 0.05) is 17.3 Å². The summed E-state index contributed by atoms with van der Waals surface area (Å²) in [6.45, 7) is 0. The molecule has 0 aliphatic heterocycles. The smallest absolute Gasteiger partial charge is 0.335 e. The average molecular weight is 184 g/mol. The zero-order valence-electron chi connectivity index (χ0n) is 6.88. The molecule has 0 bridgehead atoms. The number of carbonyl (C=O) groups is 1. The number of hydrogen-bond acceptors (Lipinski definition) is 4. The zero-order chi connectivity index (χ0) is 10.3. The number of nitro groups is 1. The van der Waals surface area contributed by atoms with E-state index in [-0.39, 0.29) is 5.56 Å².